The Balaban J connectivity index is 2.31. The third-order valence-corrected chi connectivity index (χ3v) is 2.89. The number of hydrogen-bond donors (Lipinski definition) is 1. The van der Waals surface area contributed by atoms with E-state index < -0.39 is 0 Å². The molecule has 1 heterocycles. The van der Waals surface area contributed by atoms with E-state index in [9.17, 15) is 9.90 Å². The number of fused-ring (bicyclic) bond motifs is 1. The molecule has 3 heteroatoms. The molecular weight excluding hydrogens is 168 g/mol. The van der Waals surface area contributed by atoms with Gasteiger partial charge >= 0.3 is 5.97 Å². The topological polar surface area (TPSA) is 46.5 Å². The number of esters is 1. The molecule has 2 atom stereocenters. The molecule has 2 aliphatic rings. The Hall–Kier alpha value is -0.830. The van der Waals surface area contributed by atoms with Crippen molar-refractivity contribution in [2.45, 2.75) is 38.9 Å². The van der Waals surface area contributed by atoms with E-state index in [-0.39, 0.29) is 23.6 Å². The fourth-order valence-corrected chi connectivity index (χ4v) is 2.30. The molecule has 1 unspecified atom stereocenters. The highest BCUT2D eigenvalue weighted by molar-refractivity contribution is 5.86. The average molecular weight is 182 g/mol. The lowest BCUT2D eigenvalue weighted by atomic mass is 9.71. The molecule has 0 amide bonds. The summed E-state index contributed by atoms with van der Waals surface area (Å²) in [6.45, 7) is 4.08. The predicted octanol–water partition coefficient (Wildman–Crippen LogP) is 1.02. The minimum Gasteiger partial charge on any atom is -0.455 e. The minimum atomic E-state index is -0.344. The van der Waals surface area contributed by atoms with Gasteiger partial charge in [0.1, 0.15) is 6.10 Å². The summed E-state index contributed by atoms with van der Waals surface area (Å²) in [5.74, 6) is -0.262. The molecule has 13 heavy (non-hydrogen) atoms. The molecule has 0 spiro atoms. The van der Waals surface area contributed by atoms with Crippen LogP contribution in [0.4, 0.5) is 0 Å². The molecule has 72 valence electrons. The van der Waals surface area contributed by atoms with Crippen molar-refractivity contribution in [1.29, 1.82) is 0 Å². The van der Waals surface area contributed by atoms with Crippen LogP contribution in [0.3, 0.4) is 0 Å². The Bertz CT molecular complexity index is 278. The number of aliphatic hydroxyl groups is 1. The van der Waals surface area contributed by atoms with E-state index in [0.717, 1.165) is 5.57 Å². The van der Waals surface area contributed by atoms with Crippen molar-refractivity contribution >= 4 is 5.97 Å². The van der Waals surface area contributed by atoms with E-state index in [1.807, 2.05) is 13.8 Å². The monoisotopic (exact) mass is 182 g/mol. The van der Waals surface area contributed by atoms with Crippen LogP contribution in [0.25, 0.3) is 0 Å². The van der Waals surface area contributed by atoms with Crippen molar-refractivity contribution in [3.8, 4) is 0 Å². The first kappa shape index (κ1) is 8.75. The van der Waals surface area contributed by atoms with Gasteiger partial charge in [0, 0.05) is 12.5 Å². The van der Waals surface area contributed by atoms with Gasteiger partial charge in [-0.05, 0) is 17.4 Å². The fourth-order valence-electron chi connectivity index (χ4n) is 2.30. The van der Waals surface area contributed by atoms with Crippen LogP contribution in [0.15, 0.2) is 11.6 Å². The second kappa shape index (κ2) is 2.58. The predicted molar refractivity (Wildman–Crippen MR) is 47.0 cm³/mol. The first-order chi connectivity index (χ1) is 5.99. The van der Waals surface area contributed by atoms with E-state index in [1.54, 1.807) is 6.08 Å². The molecule has 1 fully saturated rings. The maximum atomic E-state index is 11.0. The van der Waals surface area contributed by atoms with Crippen molar-refractivity contribution in [1.82, 2.24) is 0 Å². The Labute approximate surface area is 77.4 Å². The van der Waals surface area contributed by atoms with Crippen LogP contribution in [-0.4, -0.2) is 23.3 Å². The molecular formula is C10H14O3. The van der Waals surface area contributed by atoms with Crippen molar-refractivity contribution in [3.05, 3.63) is 11.6 Å². The van der Waals surface area contributed by atoms with Gasteiger partial charge in [0.05, 0.1) is 6.10 Å². The highest BCUT2D eigenvalue weighted by atomic mass is 16.5. The lowest BCUT2D eigenvalue weighted by Crippen LogP contribution is -2.36. The number of ether oxygens (including phenoxy) is 1. The van der Waals surface area contributed by atoms with E-state index in [0.29, 0.717) is 12.8 Å². The number of hydrogen-bond acceptors (Lipinski definition) is 3. The van der Waals surface area contributed by atoms with Crippen LogP contribution in [0.5, 0.6) is 0 Å². The molecule has 0 aromatic rings. The van der Waals surface area contributed by atoms with E-state index in [2.05, 4.69) is 0 Å². The zero-order valence-corrected chi connectivity index (χ0v) is 7.91. The molecule has 1 saturated carbocycles. The van der Waals surface area contributed by atoms with Crippen LogP contribution in [0.1, 0.15) is 26.7 Å². The molecule has 0 bridgehead atoms. The van der Waals surface area contributed by atoms with Crippen LogP contribution >= 0.6 is 0 Å². The van der Waals surface area contributed by atoms with Gasteiger partial charge in [-0.3, -0.25) is 0 Å². The van der Waals surface area contributed by atoms with Gasteiger partial charge in [-0.25, -0.2) is 4.79 Å². The summed E-state index contributed by atoms with van der Waals surface area (Å²) in [5.41, 5.74) is 0.942. The Morgan fingerprint density at radius 2 is 2.31 bits per heavy atom. The average Bonchev–Trinajstić information content (AvgIpc) is 2.28. The quantitative estimate of drug-likeness (QED) is 0.569. The van der Waals surface area contributed by atoms with Gasteiger partial charge in [0.25, 0.3) is 0 Å². The molecule has 3 nitrogen and oxygen atoms in total. The van der Waals surface area contributed by atoms with Gasteiger partial charge in [0.15, 0.2) is 0 Å². The highest BCUT2D eigenvalue weighted by Gasteiger charge is 2.42. The summed E-state index contributed by atoms with van der Waals surface area (Å²) in [5, 5.41) is 9.56. The van der Waals surface area contributed by atoms with E-state index >= 15 is 0 Å². The summed E-state index contributed by atoms with van der Waals surface area (Å²) in [4.78, 5) is 11.0. The van der Waals surface area contributed by atoms with Gasteiger partial charge in [0.2, 0.25) is 0 Å². The number of carbonyl (C=O) groups excluding carboxylic acids is 1. The molecule has 2 rings (SSSR count). The zero-order chi connectivity index (χ0) is 9.64. The normalized spacial score (nSPS) is 36.5. The van der Waals surface area contributed by atoms with Gasteiger partial charge in [-0.1, -0.05) is 13.8 Å². The van der Waals surface area contributed by atoms with Crippen LogP contribution in [0.2, 0.25) is 0 Å². The second-order valence-corrected chi connectivity index (χ2v) is 4.50. The smallest absolute Gasteiger partial charge is 0.331 e. The second-order valence-electron chi connectivity index (χ2n) is 4.50. The van der Waals surface area contributed by atoms with E-state index in [1.165, 1.54) is 0 Å². The lowest BCUT2D eigenvalue weighted by molar-refractivity contribution is -0.140. The van der Waals surface area contributed by atoms with Crippen LogP contribution in [0, 0.1) is 5.41 Å². The maximum absolute atomic E-state index is 11.0. The van der Waals surface area contributed by atoms with Crippen molar-refractivity contribution in [2.75, 3.05) is 0 Å². The van der Waals surface area contributed by atoms with Crippen LogP contribution in [-0.2, 0) is 9.53 Å². The molecule has 0 aromatic carbocycles. The first-order valence-corrected chi connectivity index (χ1v) is 4.60. The fraction of sp³-hybridized carbons (Fsp3) is 0.700. The molecule has 1 aliphatic carbocycles. The summed E-state index contributed by atoms with van der Waals surface area (Å²) >= 11 is 0. The molecule has 0 radical (unpaired) electrons. The van der Waals surface area contributed by atoms with Gasteiger partial charge in [-0.15, -0.1) is 0 Å². The number of carbonyl (C=O) groups is 1. The summed E-state index contributed by atoms with van der Waals surface area (Å²) < 4.78 is 5.08. The summed E-state index contributed by atoms with van der Waals surface area (Å²) in [7, 11) is 0. The molecule has 1 N–H and O–H groups in total. The third kappa shape index (κ3) is 1.37. The molecule has 0 aromatic heterocycles. The van der Waals surface area contributed by atoms with Gasteiger partial charge < -0.3 is 9.84 Å². The van der Waals surface area contributed by atoms with Crippen molar-refractivity contribution < 1.29 is 14.6 Å². The van der Waals surface area contributed by atoms with Gasteiger partial charge in [-0.2, -0.15) is 0 Å². The Morgan fingerprint density at radius 1 is 1.62 bits per heavy atom. The summed E-state index contributed by atoms with van der Waals surface area (Å²) in [6, 6.07) is 0. The van der Waals surface area contributed by atoms with E-state index in [4.69, 9.17) is 4.74 Å². The van der Waals surface area contributed by atoms with Crippen molar-refractivity contribution in [3.63, 3.8) is 0 Å². The number of aliphatic hydroxyl groups excluding tert-OH is 1. The maximum Gasteiger partial charge on any atom is 0.331 e. The Kier molecular flexibility index (Phi) is 1.74. The SMILES string of the molecule is CC1(C)C[C@H](O)CC2OC(=O)C=C21. The third-order valence-electron chi connectivity index (χ3n) is 2.89. The van der Waals surface area contributed by atoms with Crippen LogP contribution < -0.4 is 0 Å². The zero-order valence-electron chi connectivity index (χ0n) is 7.91. The first-order valence-electron chi connectivity index (χ1n) is 4.60. The largest absolute Gasteiger partial charge is 0.455 e. The standard InChI is InChI=1S/C10H14O3/c1-10(2)5-6(11)3-8-7(10)4-9(12)13-8/h4,6,8,11H,3,5H2,1-2H3/t6-,8?/m1/s1. The number of rotatable bonds is 0. The highest BCUT2D eigenvalue weighted by Crippen LogP contribution is 2.43. The molecule has 1 aliphatic heterocycles. The Morgan fingerprint density at radius 3 is 3.00 bits per heavy atom. The summed E-state index contributed by atoms with van der Waals surface area (Å²) in [6.07, 6.45) is 2.33. The van der Waals surface area contributed by atoms with Crippen molar-refractivity contribution in [2.24, 2.45) is 5.41 Å². The minimum absolute atomic E-state index is 0.103. The lowest BCUT2D eigenvalue weighted by Gasteiger charge is -2.37. The molecule has 0 saturated heterocycles.